The van der Waals surface area contributed by atoms with Crippen molar-refractivity contribution in [2.24, 2.45) is 0 Å². The molecule has 2 heterocycles. The summed E-state index contributed by atoms with van der Waals surface area (Å²) in [5.74, 6) is 1.78. The van der Waals surface area contributed by atoms with Crippen LogP contribution in [0.2, 0.25) is 0 Å². The molecule has 0 fully saturated rings. The molecule has 0 aliphatic heterocycles. The van der Waals surface area contributed by atoms with Crippen molar-refractivity contribution in [1.29, 1.82) is 0 Å². The van der Waals surface area contributed by atoms with Gasteiger partial charge >= 0.3 is 0 Å². The second kappa shape index (κ2) is 6.40. The number of nitrogens with zero attached hydrogens (tertiary/aromatic N) is 3. The minimum Gasteiger partial charge on any atom is -0.467 e. The summed E-state index contributed by atoms with van der Waals surface area (Å²) in [6.07, 6.45) is 1.70. The Bertz CT molecular complexity index is 747. The molecule has 3 rings (SSSR count). The third-order valence-corrected chi connectivity index (χ3v) is 4.21. The Hall–Kier alpha value is -2.01. The van der Waals surface area contributed by atoms with E-state index < -0.39 is 0 Å². The van der Waals surface area contributed by atoms with E-state index in [2.05, 4.69) is 53.7 Å². The van der Waals surface area contributed by atoms with Gasteiger partial charge in [-0.25, -0.2) is 0 Å². The Labute approximate surface area is 134 Å². The van der Waals surface area contributed by atoms with E-state index in [1.54, 1.807) is 18.0 Å². The van der Waals surface area contributed by atoms with E-state index in [-0.39, 0.29) is 0 Å². The molecular formula is C17H19N3OS. The summed E-state index contributed by atoms with van der Waals surface area (Å²) in [5, 5.41) is 10.2. The third-order valence-electron chi connectivity index (χ3n) is 3.23. The van der Waals surface area contributed by atoms with Crippen LogP contribution in [0.5, 0.6) is 0 Å². The van der Waals surface area contributed by atoms with Crippen LogP contribution in [0.15, 0.2) is 52.2 Å². The number of benzene rings is 1. The van der Waals surface area contributed by atoms with Crippen LogP contribution >= 0.6 is 11.8 Å². The van der Waals surface area contributed by atoms with Crippen LogP contribution in [-0.4, -0.2) is 20.0 Å². The SMILES string of the molecule is Cc1cccc(-c2nnc(SC(C)C)n2Cc2ccco2)c1. The summed E-state index contributed by atoms with van der Waals surface area (Å²) >= 11 is 1.71. The van der Waals surface area contributed by atoms with E-state index in [4.69, 9.17) is 4.42 Å². The van der Waals surface area contributed by atoms with Gasteiger partial charge in [-0.05, 0) is 25.1 Å². The molecule has 3 aromatic rings. The molecule has 0 N–H and O–H groups in total. The van der Waals surface area contributed by atoms with E-state index in [9.17, 15) is 0 Å². The highest BCUT2D eigenvalue weighted by molar-refractivity contribution is 7.99. The summed E-state index contributed by atoms with van der Waals surface area (Å²) in [7, 11) is 0. The van der Waals surface area contributed by atoms with E-state index >= 15 is 0 Å². The molecule has 0 bridgehead atoms. The quantitative estimate of drug-likeness (QED) is 0.655. The molecule has 5 heteroatoms. The maximum Gasteiger partial charge on any atom is 0.192 e. The standard InChI is InChI=1S/C17H19N3OS/c1-12(2)22-17-19-18-16(14-7-4-6-13(3)10-14)20(17)11-15-8-5-9-21-15/h4-10,12H,11H2,1-3H3. The van der Waals surface area contributed by atoms with Crippen molar-refractivity contribution in [3.63, 3.8) is 0 Å². The largest absolute Gasteiger partial charge is 0.467 e. The second-order valence-electron chi connectivity index (χ2n) is 5.51. The second-order valence-corrected chi connectivity index (χ2v) is 7.05. The molecule has 0 aliphatic carbocycles. The van der Waals surface area contributed by atoms with Gasteiger partial charge in [0, 0.05) is 10.8 Å². The predicted molar refractivity (Wildman–Crippen MR) is 89.0 cm³/mol. The highest BCUT2D eigenvalue weighted by atomic mass is 32.2. The van der Waals surface area contributed by atoms with E-state index in [0.717, 1.165) is 22.3 Å². The van der Waals surface area contributed by atoms with Gasteiger partial charge in [-0.15, -0.1) is 10.2 Å². The van der Waals surface area contributed by atoms with Crippen LogP contribution in [0, 0.1) is 6.92 Å². The Balaban J connectivity index is 2.03. The normalized spacial score (nSPS) is 11.3. The molecule has 0 atom stereocenters. The Morgan fingerprint density at radius 3 is 2.73 bits per heavy atom. The summed E-state index contributed by atoms with van der Waals surface area (Å²) in [5.41, 5.74) is 2.29. The first-order chi connectivity index (χ1) is 10.6. The van der Waals surface area contributed by atoms with Gasteiger partial charge in [0.2, 0.25) is 0 Å². The fourth-order valence-electron chi connectivity index (χ4n) is 2.29. The third kappa shape index (κ3) is 3.25. The fraction of sp³-hybridized carbons (Fsp3) is 0.294. The average molecular weight is 313 g/mol. The highest BCUT2D eigenvalue weighted by Crippen LogP contribution is 2.27. The van der Waals surface area contributed by atoms with Crippen molar-refractivity contribution in [3.05, 3.63) is 54.0 Å². The van der Waals surface area contributed by atoms with E-state index in [1.807, 2.05) is 18.2 Å². The lowest BCUT2D eigenvalue weighted by atomic mass is 10.1. The lowest BCUT2D eigenvalue weighted by Crippen LogP contribution is -2.04. The molecule has 114 valence electrons. The van der Waals surface area contributed by atoms with Crippen LogP contribution in [0.1, 0.15) is 25.2 Å². The fourth-order valence-corrected chi connectivity index (χ4v) is 3.07. The average Bonchev–Trinajstić information content (AvgIpc) is 3.10. The number of aromatic nitrogens is 3. The smallest absolute Gasteiger partial charge is 0.192 e. The van der Waals surface area contributed by atoms with Crippen molar-refractivity contribution < 1.29 is 4.42 Å². The summed E-state index contributed by atoms with van der Waals surface area (Å²) < 4.78 is 7.62. The Morgan fingerprint density at radius 1 is 1.18 bits per heavy atom. The van der Waals surface area contributed by atoms with Crippen LogP contribution in [0.4, 0.5) is 0 Å². The summed E-state index contributed by atoms with van der Waals surface area (Å²) in [6.45, 7) is 7.03. The van der Waals surface area contributed by atoms with E-state index in [1.165, 1.54) is 5.56 Å². The molecule has 1 aromatic carbocycles. The zero-order chi connectivity index (χ0) is 15.5. The van der Waals surface area contributed by atoms with Gasteiger partial charge in [0.25, 0.3) is 0 Å². The molecule has 2 aromatic heterocycles. The lowest BCUT2D eigenvalue weighted by molar-refractivity contribution is 0.485. The number of furan rings is 1. The number of thioether (sulfide) groups is 1. The number of aryl methyl sites for hydroxylation is 1. The van der Waals surface area contributed by atoms with Gasteiger partial charge < -0.3 is 4.42 Å². The first-order valence-electron chi connectivity index (χ1n) is 7.33. The van der Waals surface area contributed by atoms with Gasteiger partial charge in [0.1, 0.15) is 5.76 Å². The molecule has 0 spiro atoms. The Morgan fingerprint density at radius 2 is 2.05 bits per heavy atom. The topological polar surface area (TPSA) is 43.9 Å². The lowest BCUT2D eigenvalue weighted by Gasteiger charge is -2.10. The van der Waals surface area contributed by atoms with Crippen molar-refractivity contribution in [1.82, 2.24) is 14.8 Å². The molecule has 0 amide bonds. The molecular weight excluding hydrogens is 294 g/mol. The van der Waals surface area contributed by atoms with Crippen molar-refractivity contribution in [2.45, 2.75) is 37.7 Å². The number of hydrogen-bond acceptors (Lipinski definition) is 4. The van der Waals surface area contributed by atoms with Gasteiger partial charge in [-0.3, -0.25) is 4.57 Å². The van der Waals surface area contributed by atoms with Gasteiger partial charge in [-0.1, -0.05) is 49.4 Å². The molecule has 0 saturated heterocycles. The summed E-state index contributed by atoms with van der Waals surface area (Å²) in [6, 6.07) is 12.2. The predicted octanol–water partition coefficient (Wildman–Crippen LogP) is 4.40. The molecule has 22 heavy (non-hydrogen) atoms. The minimum absolute atomic E-state index is 0.449. The zero-order valence-electron chi connectivity index (χ0n) is 13.0. The van der Waals surface area contributed by atoms with Gasteiger partial charge in [0.15, 0.2) is 11.0 Å². The molecule has 0 radical (unpaired) electrons. The van der Waals surface area contributed by atoms with Gasteiger partial charge in [0.05, 0.1) is 12.8 Å². The van der Waals surface area contributed by atoms with Crippen LogP contribution < -0.4 is 0 Å². The monoisotopic (exact) mass is 313 g/mol. The van der Waals surface area contributed by atoms with Crippen LogP contribution in [0.25, 0.3) is 11.4 Å². The maximum atomic E-state index is 5.50. The van der Waals surface area contributed by atoms with E-state index in [0.29, 0.717) is 11.8 Å². The molecule has 0 saturated carbocycles. The number of hydrogen-bond donors (Lipinski definition) is 0. The molecule has 0 unspecified atom stereocenters. The number of rotatable bonds is 5. The van der Waals surface area contributed by atoms with Crippen LogP contribution in [0.3, 0.4) is 0 Å². The van der Waals surface area contributed by atoms with Crippen molar-refractivity contribution >= 4 is 11.8 Å². The first-order valence-corrected chi connectivity index (χ1v) is 8.20. The van der Waals surface area contributed by atoms with Crippen LogP contribution in [-0.2, 0) is 6.54 Å². The minimum atomic E-state index is 0.449. The molecule has 0 aliphatic rings. The van der Waals surface area contributed by atoms with Crippen molar-refractivity contribution in [3.8, 4) is 11.4 Å². The molecule has 4 nitrogen and oxygen atoms in total. The highest BCUT2D eigenvalue weighted by Gasteiger charge is 2.16. The zero-order valence-corrected chi connectivity index (χ0v) is 13.8. The first kappa shape index (κ1) is 14.9. The van der Waals surface area contributed by atoms with Gasteiger partial charge in [-0.2, -0.15) is 0 Å². The maximum absolute atomic E-state index is 5.50. The summed E-state index contributed by atoms with van der Waals surface area (Å²) in [4.78, 5) is 0. The van der Waals surface area contributed by atoms with Crippen molar-refractivity contribution in [2.75, 3.05) is 0 Å². The Kier molecular flexibility index (Phi) is 4.34.